The number of imidazole rings is 1. The molecule has 9 nitrogen and oxygen atoms in total. The van der Waals surface area contributed by atoms with Crippen LogP contribution in [0.1, 0.15) is 19.5 Å². The lowest BCUT2D eigenvalue weighted by Crippen LogP contribution is -2.18. The minimum atomic E-state index is -0.726. The maximum atomic E-state index is 12.9. The van der Waals surface area contributed by atoms with Gasteiger partial charge in [0.2, 0.25) is 5.95 Å². The maximum Gasteiger partial charge on any atom is 0.331 e. The summed E-state index contributed by atoms with van der Waals surface area (Å²) in [4.78, 5) is 32.8. The Hall–Kier alpha value is -4.58. The van der Waals surface area contributed by atoms with Crippen molar-refractivity contribution in [2.75, 3.05) is 5.73 Å². The monoisotopic (exact) mass is 422 g/mol. The van der Waals surface area contributed by atoms with Crippen molar-refractivity contribution in [1.29, 1.82) is 5.26 Å². The average molecular weight is 422 g/mol. The molecule has 9 heteroatoms. The van der Waals surface area contributed by atoms with Gasteiger partial charge >= 0.3 is 5.69 Å². The van der Waals surface area contributed by atoms with Gasteiger partial charge in [-0.1, -0.05) is 6.07 Å². The first-order valence-electron chi connectivity index (χ1n) is 9.87. The van der Waals surface area contributed by atoms with E-state index in [4.69, 9.17) is 5.73 Å². The van der Waals surface area contributed by atoms with Crippen LogP contribution in [-0.4, -0.2) is 29.5 Å². The Kier molecular flexibility index (Phi) is 4.23. The quantitative estimate of drug-likeness (QED) is 0.455. The van der Waals surface area contributed by atoms with E-state index in [-0.39, 0.29) is 11.6 Å². The molecule has 0 spiro atoms. The van der Waals surface area contributed by atoms with Crippen molar-refractivity contribution in [2.45, 2.75) is 19.3 Å². The van der Waals surface area contributed by atoms with Crippen LogP contribution in [0.5, 0.6) is 0 Å². The topological polar surface area (TPSA) is 139 Å². The fourth-order valence-electron chi connectivity index (χ4n) is 3.64. The predicted molar refractivity (Wildman–Crippen MR) is 121 cm³/mol. The SMILES string of the molecule is CC(C)(C#N)c1ccc(-n2c(=O)[nH]c3cnc4ccc(-c5cnc(N)nc5)cc4c32)cn1. The Morgan fingerprint density at radius 2 is 1.78 bits per heavy atom. The molecule has 32 heavy (non-hydrogen) atoms. The number of nitrogen functional groups attached to an aromatic ring is 1. The van der Waals surface area contributed by atoms with Crippen molar-refractivity contribution in [3.05, 3.63) is 71.3 Å². The smallest absolute Gasteiger partial charge is 0.331 e. The van der Waals surface area contributed by atoms with Gasteiger partial charge < -0.3 is 10.7 Å². The molecule has 156 valence electrons. The summed E-state index contributed by atoms with van der Waals surface area (Å²) < 4.78 is 1.57. The lowest BCUT2D eigenvalue weighted by Gasteiger charge is -2.15. The molecule has 0 fully saturated rings. The maximum absolute atomic E-state index is 12.9. The highest BCUT2D eigenvalue weighted by atomic mass is 16.1. The van der Waals surface area contributed by atoms with E-state index in [9.17, 15) is 10.1 Å². The number of rotatable bonds is 3. The first kappa shape index (κ1) is 19.4. The van der Waals surface area contributed by atoms with Gasteiger partial charge in [0.1, 0.15) is 0 Å². The molecule has 0 unspecified atom stereocenters. The number of benzene rings is 1. The van der Waals surface area contributed by atoms with E-state index in [1.54, 1.807) is 55.3 Å². The zero-order chi connectivity index (χ0) is 22.5. The number of nitriles is 1. The number of fused-ring (bicyclic) bond motifs is 3. The summed E-state index contributed by atoms with van der Waals surface area (Å²) in [6.45, 7) is 3.60. The number of nitrogens with one attached hydrogen (secondary N) is 1. The van der Waals surface area contributed by atoms with Gasteiger partial charge in [-0.25, -0.2) is 14.8 Å². The van der Waals surface area contributed by atoms with Crippen LogP contribution in [0.3, 0.4) is 0 Å². The van der Waals surface area contributed by atoms with Gasteiger partial charge in [-0.3, -0.25) is 14.5 Å². The number of hydrogen-bond donors (Lipinski definition) is 2. The van der Waals surface area contributed by atoms with Gasteiger partial charge in [0.25, 0.3) is 0 Å². The summed E-state index contributed by atoms with van der Waals surface area (Å²) >= 11 is 0. The number of nitrogens with zero attached hydrogens (tertiary/aromatic N) is 6. The first-order valence-corrected chi connectivity index (χ1v) is 9.87. The number of H-pyrrole nitrogens is 1. The second kappa shape index (κ2) is 6.99. The Balaban J connectivity index is 1.74. The number of hydrogen-bond acceptors (Lipinski definition) is 7. The lowest BCUT2D eigenvalue weighted by molar-refractivity contribution is 0.659. The Morgan fingerprint density at radius 3 is 2.47 bits per heavy atom. The van der Waals surface area contributed by atoms with Crippen molar-refractivity contribution in [2.24, 2.45) is 0 Å². The molecule has 1 aromatic carbocycles. The Labute approximate surface area is 182 Å². The van der Waals surface area contributed by atoms with E-state index in [2.05, 4.69) is 31.0 Å². The van der Waals surface area contributed by atoms with E-state index in [1.807, 2.05) is 18.2 Å². The van der Waals surface area contributed by atoms with Crippen LogP contribution in [0.2, 0.25) is 0 Å². The normalized spacial score (nSPS) is 11.7. The summed E-state index contributed by atoms with van der Waals surface area (Å²) in [7, 11) is 0. The summed E-state index contributed by atoms with van der Waals surface area (Å²) in [6.07, 6.45) is 6.55. The molecule has 4 heterocycles. The van der Waals surface area contributed by atoms with E-state index in [0.717, 1.165) is 22.0 Å². The zero-order valence-corrected chi connectivity index (χ0v) is 17.4. The van der Waals surface area contributed by atoms with Crippen LogP contribution in [0, 0.1) is 11.3 Å². The number of nitrogens with two attached hydrogens (primary N) is 1. The number of anilines is 1. The number of aromatic amines is 1. The van der Waals surface area contributed by atoms with Crippen molar-refractivity contribution in [3.63, 3.8) is 0 Å². The molecule has 5 aromatic rings. The molecule has 3 N–H and O–H groups in total. The van der Waals surface area contributed by atoms with Crippen molar-refractivity contribution in [1.82, 2.24) is 29.5 Å². The molecule has 0 aliphatic carbocycles. The zero-order valence-electron chi connectivity index (χ0n) is 17.4. The molecular formula is C23H18N8O. The molecule has 0 bridgehead atoms. The van der Waals surface area contributed by atoms with Crippen LogP contribution in [0.25, 0.3) is 38.8 Å². The minimum Gasteiger partial charge on any atom is -0.368 e. The highest BCUT2D eigenvalue weighted by molar-refractivity contribution is 6.04. The van der Waals surface area contributed by atoms with Crippen LogP contribution in [0.15, 0.2) is 59.9 Å². The van der Waals surface area contributed by atoms with E-state index in [1.165, 1.54) is 0 Å². The van der Waals surface area contributed by atoms with E-state index < -0.39 is 5.41 Å². The minimum absolute atomic E-state index is 0.202. The molecule has 0 saturated heterocycles. The van der Waals surface area contributed by atoms with Gasteiger partial charge in [0.05, 0.1) is 51.8 Å². The molecular weight excluding hydrogens is 404 g/mol. The molecule has 0 amide bonds. The summed E-state index contributed by atoms with van der Waals surface area (Å²) in [5.41, 5.74) is 9.50. The average Bonchev–Trinajstić information content (AvgIpc) is 3.15. The molecule has 0 atom stereocenters. The molecule has 0 aliphatic heterocycles. The second-order valence-electron chi connectivity index (χ2n) is 7.99. The standard InChI is InChI=1S/C23H18N8O/c1-23(2,12-24)19-6-4-15(10-27-19)31-20-16-7-13(14-8-28-21(25)29-9-14)3-5-17(16)26-11-18(20)30-22(31)32/h3-11H,1-2H3,(H,30,32)(H2,25,28,29). The van der Waals surface area contributed by atoms with Crippen LogP contribution >= 0.6 is 0 Å². The predicted octanol–water partition coefficient (Wildman–Crippen LogP) is 3.10. The Morgan fingerprint density at radius 1 is 1.00 bits per heavy atom. The highest BCUT2D eigenvalue weighted by Crippen LogP contribution is 2.29. The van der Waals surface area contributed by atoms with E-state index >= 15 is 0 Å². The van der Waals surface area contributed by atoms with Crippen LogP contribution in [0.4, 0.5) is 5.95 Å². The van der Waals surface area contributed by atoms with Crippen molar-refractivity contribution < 1.29 is 0 Å². The number of pyridine rings is 2. The van der Waals surface area contributed by atoms with Crippen LogP contribution in [-0.2, 0) is 5.41 Å². The van der Waals surface area contributed by atoms with Gasteiger partial charge in [-0.05, 0) is 43.7 Å². The molecule has 4 aromatic heterocycles. The first-order chi connectivity index (χ1) is 15.4. The fraction of sp³-hybridized carbons (Fsp3) is 0.130. The third kappa shape index (κ3) is 3.06. The number of aromatic nitrogens is 6. The third-order valence-corrected chi connectivity index (χ3v) is 5.44. The third-order valence-electron chi connectivity index (χ3n) is 5.44. The van der Waals surface area contributed by atoms with Crippen molar-refractivity contribution >= 4 is 27.9 Å². The largest absolute Gasteiger partial charge is 0.368 e. The Bertz CT molecular complexity index is 1570. The highest BCUT2D eigenvalue weighted by Gasteiger charge is 2.22. The summed E-state index contributed by atoms with van der Waals surface area (Å²) in [6, 6.07) is 11.6. The van der Waals surface area contributed by atoms with Gasteiger partial charge in [-0.2, -0.15) is 5.26 Å². The van der Waals surface area contributed by atoms with Crippen LogP contribution < -0.4 is 11.4 Å². The van der Waals surface area contributed by atoms with E-state index in [0.29, 0.717) is 22.4 Å². The molecule has 5 rings (SSSR count). The fourth-order valence-corrected chi connectivity index (χ4v) is 3.64. The lowest BCUT2D eigenvalue weighted by atomic mass is 9.91. The molecule has 0 radical (unpaired) electrons. The van der Waals surface area contributed by atoms with Gasteiger partial charge in [0, 0.05) is 23.3 Å². The second-order valence-corrected chi connectivity index (χ2v) is 7.99. The summed E-state index contributed by atoms with van der Waals surface area (Å²) in [5, 5.41) is 10.2. The molecule has 0 saturated carbocycles. The van der Waals surface area contributed by atoms with Crippen molar-refractivity contribution in [3.8, 4) is 22.9 Å². The van der Waals surface area contributed by atoms with Gasteiger partial charge in [0.15, 0.2) is 0 Å². The summed E-state index contributed by atoms with van der Waals surface area (Å²) in [5.74, 6) is 0.202. The molecule has 0 aliphatic rings. The van der Waals surface area contributed by atoms with Gasteiger partial charge in [-0.15, -0.1) is 0 Å².